The molecule has 1 aromatic rings. The van der Waals surface area contributed by atoms with Crippen LogP contribution < -0.4 is 5.32 Å². The number of nitrogens with one attached hydrogen (secondary N) is 1. The molecule has 0 saturated heterocycles. The van der Waals surface area contributed by atoms with Gasteiger partial charge in [-0.2, -0.15) is 0 Å². The highest BCUT2D eigenvalue weighted by Crippen LogP contribution is 2.17. The van der Waals surface area contributed by atoms with Crippen molar-refractivity contribution in [3.05, 3.63) is 29.3 Å². The third kappa shape index (κ3) is 3.57. The lowest BCUT2D eigenvalue weighted by molar-refractivity contribution is -0.115. The van der Waals surface area contributed by atoms with Crippen LogP contribution in [0.25, 0.3) is 0 Å². The number of carbonyl (C=O) groups is 2. The lowest BCUT2D eigenvalue weighted by Gasteiger charge is -2.04. The second-order valence-electron chi connectivity index (χ2n) is 3.42. The molecule has 17 heavy (non-hydrogen) atoms. The summed E-state index contributed by atoms with van der Waals surface area (Å²) in [4.78, 5) is 26.2. The first kappa shape index (κ1) is 12.1. The molecule has 1 aliphatic heterocycles. The van der Waals surface area contributed by atoms with Crippen LogP contribution in [0.2, 0.25) is 5.02 Å². The molecule has 88 valence electrons. The van der Waals surface area contributed by atoms with Gasteiger partial charge in [0.25, 0.3) is 5.91 Å². The molecule has 1 heterocycles. The summed E-state index contributed by atoms with van der Waals surface area (Å²) in [6.45, 7) is 0. The number of amides is 2. The Labute approximate surface area is 107 Å². The number of aliphatic imine (C=N–C) groups is 1. The largest absolute Gasteiger partial charge is 0.326 e. The van der Waals surface area contributed by atoms with Crippen LogP contribution in [0, 0.1) is 0 Å². The van der Waals surface area contributed by atoms with Crippen molar-refractivity contribution >= 4 is 45.9 Å². The monoisotopic (exact) mass is 268 g/mol. The third-order valence-electron chi connectivity index (χ3n) is 2.05. The maximum atomic E-state index is 11.6. The predicted octanol–water partition coefficient (Wildman–Crippen LogP) is 2.34. The van der Waals surface area contributed by atoms with Crippen LogP contribution in [0.4, 0.5) is 5.69 Å². The smallest absolute Gasteiger partial charge is 0.256 e. The lowest BCUT2D eigenvalue weighted by Crippen LogP contribution is -2.14. The van der Waals surface area contributed by atoms with Crippen LogP contribution in [0.1, 0.15) is 6.42 Å². The second-order valence-corrected chi connectivity index (χ2v) is 4.90. The predicted molar refractivity (Wildman–Crippen MR) is 69.6 cm³/mol. The Kier molecular flexibility index (Phi) is 3.81. The number of benzene rings is 1. The molecule has 0 aromatic heterocycles. The zero-order valence-electron chi connectivity index (χ0n) is 8.77. The van der Waals surface area contributed by atoms with Gasteiger partial charge in [-0.15, -0.1) is 11.8 Å². The number of nitrogens with zero attached hydrogens (tertiary/aromatic N) is 1. The highest BCUT2D eigenvalue weighted by Gasteiger charge is 2.17. The molecule has 0 spiro atoms. The molecule has 0 bridgehead atoms. The van der Waals surface area contributed by atoms with E-state index in [1.807, 2.05) is 0 Å². The number of thioether (sulfide) groups is 1. The van der Waals surface area contributed by atoms with Crippen molar-refractivity contribution in [3.8, 4) is 0 Å². The van der Waals surface area contributed by atoms with E-state index in [-0.39, 0.29) is 18.2 Å². The normalized spacial score (nSPS) is 14.6. The molecule has 6 heteroatoms. The summed E-state index contributed by atoms with van der Waals surface area (Å²) in [5.41, 5.74) is 0.675. The van der Waals surface area contributed by atoms with E-state index in [2.05, 4.69) is 10.3 Å². The lowest BCUT2D eigenvalue weighted by atomic mass is 10.3. The fourth-order valence-electron chi connectivity index (χ4n) is 1.31. The number of hydrogen-bond acceptors (Lipinski definition) is 3. The Morgan fingerprint density at radius 3 is 2.71 bits per heavy atom. The summed E-state index contributed by atoms with van der Waals surface area (Å²) in [7, 11) is 0. The summed E-state index contributed by atoms with van der Waals surface area (Å²) in [6.07, 6.45) is 0.138. The molecule has 1 aliphatic rings. The van der Waals surface area contributed by atoms with Gasteiger partial charge in [0.1, 0.15) is 0 Å². The van der Waals surface area contributed by atoms with Gasteiger partial charge in [0.15, 0.2) is 0 Å². The Hall–Kier alpha value is -1.33. The van der Waals surface area contributed by atoms with Crippen molar-refractivity contribution in [1.29, 1.82) is 0 Å². The molecule has 0 radical (unpaired) electrons. The quantitative estimate of drug-likeness (QED) is 0.915. The van der Waals surface area contributed by atoms with Gasteiger partial charge < -0.3 is 5.32 Å². The van der Waals surface area contributed by atoms with Gasteiger partial charge in [0, 0.05) is 10.7 Å². The van der Waals surface area contributed by atoms with Crippen LogP contribution in [0.5, 0.6) is 0 Å². The van der Waals surface area contributed by atoms with Crippen molar-refractivity contribution in [3.63, 3.8) is 0 Å². The first-order valence-corrected chi connectivity index (χ1v) is 6.28. The van der Waals surface area contributed by atoms with E-state index in [9.17, 15) is 9.59 Å². The van der Waals surface area contributed by atoms with Crippen molar-refractivity contribution in [2.24, 2.45) is 4.99 Å². The van der Waals surface area contributed by atoms with Gasteiger partial charge in [0.2, 0.25) is 5.91 Å². The van der Waals surface area contributed by atoms with Gasteiger partial charge >= 0.3 is 0 Å². The van der Waals surface area contributed by atoms with Crippen LogP contribution >= 0.6 is 23.4 Å². The van der Waals surface area contributed by atoms with Crippen LogP contribution in [-0.2, 0) is 9.59 Å². The first-order valence-electron chi connectivity index (χ1n) is 4.92. The van der Waals surface area contributed by atoms with Crippen molar-refractivity contribution in [1.82, 2.24) is 0 Å². The Morgan fingerprint density at radius 2 is 2.12 bits per heavy atom. The van der Waals surface area contributed by atoms with Crippen molar-refractivity contribution in [2.75, 3.05) is 11.1 Å². The van der Waals surface area contributed by atoms with Crippen molar-refractivity contribution in [2.45, 2.75) is 6.42 Å². The maximum absolute atomic E-state index is 11.6. The molecule has 0 atom stereocenters. The van der Waals surface area contributed by atoms with E-state index in [1.54, 1.807) is 24.3 Å². The van der Waals surface area contributed by atoms with E-state index in [1.165, 1.54) is 11.8 Å². The molecule has 1 aromatic carbocycles. The Balaban J connectivity index is 1.91. The second kappa shape index (κ2) is 5.33. The minimum atomic E-state index is -0.187. The van der Waals surface area contributed by atoms with Gasteiger partial charge in [-0.25, -0.2) is 4.99 Å². The zero-order valence-corrected chi connectivity index (χ0v) is 10.3. The molecule has 0 saturated carbocycles. The molecular weight excluding hydrogens is 260 g/mol. The fraction of sp³-hybridized carbons (Fsp3) is 0.182. The van der Waals surface area contributed by atoms with Crippen molar-refractivity contribution < 1.29 is 9.59 Å². The molecule has 2 rings (SSSR count). The van der Waals surface area contributed by atoms with E-state index >= 15 is 0 Å². The summed E-state index contributed by atoms with van der Waals surface area (Å²) in [5, 5.41) is 3.89. The number of anilines is 1. The summed E-state index contributed by atoms with van der Waals surface area (Å²) < 4.78 is 0. The molecular formula is C11H9ClN2O2S. The Bertz CT molecular complexity index is 485. The van der Waals surface area contributed by atoms with Crippen LogP contribution in [0.15, 0.2) is 29.3 Å². The molecule has 4 nitrogen and oxygen atoms in total. The minimum absolute atomic E-state index is 0.138. The van der Waals surface area contributed by atoms with E-state index in [4.69, 9.17) is 11.6 Å². The topological polar surface area (TPSA) is 58.5 Å². The molecule has 1 N–H and O–H groups in total. The highest BCUT2D eigenvalue weighted by atomic mass is 35.5. The average molecular weight is 269 g/mol. The number of carbonyl (C=O) groups excluding carboxylic acids is 2. The van der Waals surface area contributed by atoms with E-state index < -0.39 is 0 Å². The van der Waals surface area contributed by atoms with E-state index in [0.29, 0.717) is 21.5 Å². The van der Waals surface area contributed by atoms with Crippen LogP contribution in [0.3, 0.4) is 0 Å². The standard InChI is InChI=1S/C11H9ClN2O2S/c12-7-1-3-8(4-2-7)13-9(15)5-11-14-10(16)6-17-11/h1-4H,5-6H2,(H,13,15). The molecule has 0 fully saturated rings. The summed E-state index contributed by atoms with van der Waals surface area (Å²) in [5.74, 6) is -0.0265. The minimum Gasteiger partial charge on any atom is -0.326 e. The van der Waals surface area contributed by atoms with Gasteiger partial charge in [0.05, 0.1) is 17.2 Å². The summed E-state index contributed by atoms with van der Waals surface area (Å²) >= 11 is 7.04. The SMILES string of the molecule is O=C1CSC(CC(=O)Nc2ccc(Cl)cc2)=N1. The molecule has 0 aliphatic carbocycles. The van der Waals surface area contributed by atoms with Gasteiger partial charge in [-0.05, 0) is 24.3 Å². The maximum Gasteiger partial charge on any atom is 0.256 e. The molecule has 2 amide bonds. The Morgan fingerprint density at radius 1 is 1.41 bits per heavy atom. The highest BCUT2D eigenvalue weighted by molar-refractivity contribution is 8.15. The molecule has 0 unspecified atom stereocenters. The average Bonchev–Trinajstić information content (AvgIpc) is 2.67. The van der Waals surface area contributed by atoms with E-state index in [0.717, 1.165) is 0 Å². The van der Waals surface area contributed by atoms with Crippen LogP contribution in [-0.4, -0.2) is 22.6 Å². The number of hydrogen-bond donors (Lipinski definition) is 1. The summed E-state index contributed by atoms with van der Waals surface area (Å²) in [6, 6.07) is 6.83. The number of halogens is 1. The van der Waals surface area contributed by atoms with Gasteiger partial charge in [-0.1, -0.05) is 11.6 Å². The zero-order chi connectivity index (χ0) is 12.3. The fourth-order valence-corrected chi connectivity index (χ4v) is 2.20. The first-order chi connectivity index (χ1) is 8.13. The third-order valence-corrected chi connectivity index (χ3v) is 3.26. The van der Waals surface area contributed by atoms with Gasteiger partial charge in [-0.3, -0.25) is 9.59 Å². The number of rotatable bonds is 3.